The van der Waals surface area contributed by atoms with Gasteiger partial charge in [0.1, 0.15) is 0 Å². The van der Waals surface area contributed by atoms with Crippen molar-refractivity contribution >= 4 is 12.6 Å². The molecule has 0 saturated carbocycles. The van der Waals surface area contributed by atoms with E-state index < -0.39 is 13.2 Å². The molecule has 4 N–H and O–H groups in total. The molecule has 0 aliphatic rings. The number of ether oxygens (including phenoxy) is 1. The molecule has 112 valence electrons. The Kier molecular flexibility index (Phi) is 8.49. The number of nitrogens with one attached hydrogen (secondary N) is 1. The van der Waals surface area contributed by atoms with Gasteiger partial charge in [-0.05, 0) is 17.4 Å². The van der Waals surface area contributed by atoms with Crippen LogP contribution in [-0.2, 0) is 11.3 Å². The van der Waals surface area contributed by atoms with Gasteiger partial charge in [0.15, 0.2) is 0 Å². The second-order valence-corrected chi connectivity index (χ2v) is 4.83. The maximum atomic E-state index is 9.69. The van der Waals surface area contributed by atoms with Crippen LogP contribution >= 0.6 is 0 Å². The molecule has 0 aliphatic heterocycles. The molecule has 6 heteroatoms. The molecular formula is C14H24BNO4. The van der Waals surface area contributed by atoms with Gasteiger partial charge in [-0.15, -0.1) is 0 Å². The Labute approximate surface area is 120 Å². The minimum Gasteiger partial charge on any atom is -0.423 e. The van der Waals surface area contributed by atoms with Gasteiger partial charge in [-0.1, -0.05) is 37.6 Å². The molecule has 1 unspecified atom stereocenters. The minimum atomic E-state index is -1.43. The van der Waals surface area contributed by atoms with Crippen LogP contribution in [-0.4, -0.2) is 48.1 Å². The third kappa shape index (κ3) is 7.02. The standard InChI is InChI=1S/C14H24BNO4/c1-2-3-8-20-11-14(17)10-16-9-12-4-6-13(7-5-12)15(18)19/h4-7,14,16-19H,2-3,8-11H2,1H3. The topological polar surface area (TPSA) is 82.0 Å². The van der Waals surface area contributed by atoms with Crippen LogP contribution in [0.15, 0.2) is 24.3 Å². The van der Waals surface area contributed by atoms with Crippen molar-refractivity contribution in [3.8, 4) is 0 Å². The zero-order chi connectivity index (χ0) is 14.8. The molecule has 1 aromatic rings. The normalized spacial score (nSPS) is 12.4. The molecule has 1 rings (SSSR count). The summed E-state index contributed by atoms with van der Waals surface area (Å²) in [4.78, 5) is 0. The van der Waals surface area contributed by atoms with E-state index in [0.717, 1.165) is 18.4 Å². The fourth-order valence-corrected chi connectivity index (χ4v) is 1.72. The van der Waals surface area contributed by atoms with E-state index in [4.69, 9.17) is 14.8 Å². The van der Waals surface area contributed by atoms with Crippen molar-refractivity contribution in [2.45, 2.75) is 32.4 Å². The summed E-state index contributed by atoms with van der Waals surface area (Å²) in [7, 11) is -1.43. The van der Waals surface area contributed by atoms with E-state index in [1.54, 1.807) is 12.1 Å². The molecule has 0 aromatic heterocycles. The highest BCUT2D eigenvalue weighted by Gasteiger charge is 2.09. The maximum absolute atomic E-state index is 9.69. The highest BCUT2D eigenvalue weighted by atomic mass is 16.5. The zero-order valence-electron chi connectivity index (χ0n) is 12.0. The van der Waals surface area contributed by atoms with Crippen LogP contribution in [0.25, 0.3) is 0 Å². The summed E-state index contributed by atoms with van der Waals surface area (Å²) < 4.78 is 5.34. The molecule has 0 bridgehead atoms. The Bertz CT molecular complexity index is 359. The Hall–Kier alpha value is -0.915. The summed E-state index contributed by atoms with van der Waals surface area (Å²) in [6.07, 6.45) is 1.60. The van der Waals surface area contributed by atoms with Crippen LogP contribution < -0.4 is 10.8 Å². The smallest absolute Gasteiger partial charge is 0.423 e. The largest absolute Gasteiger partial charge is 0.488 e. The van der Waals surface area contributed by atoms with E-state index in [2.05, 4.69) is 12.2 Å². The second-order valence-electron chi connectivity index (χ2n) is 4.83. The van der Waals surface area contributed by atoms with Crippen molar-refractivity contribution in [1.29, 1.82) is 0 Å². The number of benzene rings is 1. The molecule has 1 atom stereocenters. The summed E-state index contributed by atoms with van der Waals surface area (Å²) in [5.74, 6) is 0. The van der Waals surface area contributed by atoms with Crippen LogP contribution in [0.4, 0.5) is 0 Å². The van der Waals surface area contributed by atoms with Gasteiger partial charge in [0.05, 0.1) is 12.7 Å². The molecule has 0 aliphatic carbocycles. The van der Waals surface area contributed by atoms with Gasteiger partial charge in [0.2, 0.25) is 0 Å². The molecule has 0 heterocycles. The first kappa shape index (κ1) is 17.1. The zero-order valence-corrected chi connectivity index (χ0v) is 12.0. The molecule has 0 fully saturated rings. The van der Waals surface area contributed by atoms with E-state index in [9.17, 15) is 5.11 Å². The van der Waals surface area contributed by atoms with Gasteiger partial charge in [0.25, 0.3) is 0 Å². The molecule has 0 spiro atoms. The highest BCUT2D eigenvalue weighted by molar-refractivity contribution is 6.58. The lowest BCUT2D eigenvalue weighted by Gasteiger charge is -2.12. The summed E-state index contributed by atoms with van der Waals surface area (Å²) >= 11 is 0. The van der Waals surface area contributed by atoms with Crippen LogP contribution in [0.2, 0.25) is 0 Å². The SMILES string of the molecule is CCCCOCC(O)CNCc1ccc(B(O)O)cc1. The number of hydrogen-bond donors (Lipinski definition) is 4. The molecule has 1 aromatic carbocycles. The maximum Gasteiger partial charge on any atom is 0.488 e. The summed E-state index contributed by atoms with van der Waals surface area (Å²) in [5, 5.41) is 30.8. The quantitative estimate of drug-likeness (QED) is 0.348. The van der Waals surface area contributed by atoms with E-state index in [-0.39, 0.29) is 0 Å². The number of rotatable bonds is 10. The predicted octanol–water partition coefficient (Wildman–Crippen LogP) is -0.366. The molecule has 0 radical (unpaired) electrons. The number of aliphatic hydroxyl groups excluding tert-OH is 1. The fourth-order valence-electron chi connectivity index (χ4n) is 1.72. The van der Waals surface area contributed by atoms with E-state index in [1.807, 2.05) is 12.1 Å². The molecule has 5 nitrogen and oxygen atoms in total. The highest BCUT2D eigenvalue weighted by Crippen LogP contribution is 1.97. The first-order chi connectivity index (χ1) is 9.63. The van der Waals surface area contributed by atoms with Gasteiger partial charge >= 0.3 is 7.12 Å². The minimum absolute atomic E-state index is 0.350. The fraction of sp³-hybridized carbons (Fsp3) is 0.571. The van der Waals surface area contributed by atoms with Crippen molar-refractivity contribution in [2.24, 2.45) is 0 Å². The Morgan fingerprint density at radius 1 is 1.25 bits per heavy atom. The van der Waals surface area contributed by atoms with Crippen molar-refractivity contribution in [1.82, 2.24) is 5.32 Å². The monoisotopic (exact) mass is 281 g/mol. The van der Waals surface area contributed by atoms with Gasteiger partial charge in [0, 0.05) is 19.7 Å². The average Bonchev–Trinajstić information content (AvgIpc) is 2.44. The lowest BCUT2D eigenvalue weighted by atomic mass is 9.80. The van der Waals surface area contributed by atoms with Crippen LogP contribution in [0.1, 0.15) is 25.3 Å². The van der Waals surface area contributed by atoms with Crippen molar-refractivity contribution in [3.63, 3.8) is 0 Å². The lowest BCUT2D eigenvalue weighted by molar-refractivity contribution is 0.0358. The predicted molar refractivity (Wildman–Crippen MR) is 79.7 cm³/mol. The third-order valence-electron chi connectivity index (χ3n) is 2.94. The van der Waals surface area contributed by atoms with Gasteiger partial charge < -0.3 is 25.2 Å². The van der Waals surface area contributed by atoms with E-state index >= 15 is 0 Å². The Morgan fingerprint density at radius 2 is 1.95 bits per heavy atom. The van der Waals surface area contributed by atoms with Gasteiger partial charge in [-0.2, -0.15) is 0 Å². The molecular weight excluding hydrogens is 257 g/mol. The van der Waals surface area contributed by atoms with Crippen molar-refractivity contribution in [3.05, 3.63) is 29.8 Å². The first-order valence-corrected chi connectivity index (χ1v) is 7.05. The number of hydrogen-bond acceptors (Lipinski definition) is 5. The van der Waals surface area contributed by atoms with Gasteiger partial charge in [-0.3, -0.25) is 0 Å². The summed E-state index contributed by atoms with van der Waals surface area (Å²) in [6, 6.07) is 7.00. The summed E-state index contributed by atoms with van der Waals surface area (Å²) in [5.41, 5.74) is 1.49. The molecule has 0 amide bonds. The second kappa shape index (κ2) is 9.91. The first-order valence-electron chi connectivity index (χ1n) is 7.05. The van der Waals surface area contributed by atoms with E-state index in [1.165, 1.54) is 0 Å². The Balaban J connectivity index is 2.16. The average molecular weight is 281 g/mol. The third-order valence-corrected chi connectivity index (χ3v) is 2.94. The van der Waals surface area contributed by atoms with E-state index in [0.29, 0.717) is 31.8 Å². The van der Waals surface area contributed by atoms with Crippen LogP contribution in [0.3, 0.4) is 0 Å². The van der Waals surface area contributed by atoms with Crippen molar-refractivity contribution < 1.29 is 19.9 Å². The Morgan fingerprint density at radius 3 is 2.55 bits per heavy atom. The number of aliphatic hydroxyl groups is 1. The van der Waals surface area contributed by atoms with Crippen LogP contribution in [0.5, 0.6) is 0 Å². The summed E-state index contributed by atoms with van der Waals surface area (Å²) in [6.45, 7) is 4.23. The number of unbranched alkanes of at least 4 members (excludes halogenated alkanes) is 1. The molecule has 20 heavy (non-hydrogen) atoms. The lowest BCUT2D eigenvalue weighted by Crippen LogP contribution is -2.31. The molecule has 0 saturated heterocycles. The van der Waals surface area contributed by atoms with Crippen molar-refractivity contribution in [2.75, 3.05) is 19.8 Å². The van der Waals surface area contributed by atoms with Crippen LogP contribution in [0, 0.1) is 0 Å². The van der Waals surface area contributed by atoms with Gasteiger partial charge in [-0.25, -0.2) is 0 Å².